The molecule has 5 nitrogen and oxygen atoms in total. The fraction of sp³-hybridized carbons (Fsp3) is 0.846. The number of hydrogen-bond donors (Lipinski definition) is 3. The number of carbonyl (C=O) groups excluding carboxylic acids is 2. The third kappa shape index (κ3) is 5.04. The minimum atomic E-state index is -0.0817. The van der Waals surface area contributed by atoms with E-state index in [1.54, 1.807) is 0 Å². The van der Waals surface area contributed by atoms with E-state index < -0.39 is 0 Å². The predicted octanol–water partition coefficient (Wildman–Crippen LogP) is 0.536. The molecule has 0 heterocycles. The maximum Gasteiger partial charge on any atom is 0.224 e. The maximum absolute atomic E-state index is 12.0. The zero-order valence-electron chi connectivity index (χ0n) is 11.2. The van der Waals surface area contributed by atoms with Crippen molar-refractivity contribution in [2.75, 3.05) is 13.1 Å². The Morgan fingerprint density at radius 2 is 1.89 bits per heavy atom. The molecule has 0 aromatic heterocycles. The highest BCUT2D eigenvalue weighted by Crippen LogP contribution is 2.22. The van der Waals surface area contributed by atoms with Gasteiger partial charge in [0.05, 0.1) is 5.92 Å². The van der Waals surface area contributed by atoms with Gasteiger partial charge in [0.25, 0.3) is 0 Å². The van der Waals surface area contributed by atoms with Gasteiger partial charge in [-0.1, -0.05) is 19.3 Å². The largest absolute Gasteiger partial charge is 0.356 e. The van der Waals surface area contributed by atoms with Gasteiger partial charge in [-0.25, -0.2) is 0 Å². The van der Waals surface area contributed by atoms with Gasteiger partial charge in [-0.05, 0) is 19.8 Å². The van der Waals surface area contributed by atoms with Crippen molar-refractivity contribution in [3.8, 4) is 0 Å². The molecule has 0 aromatic rings. The van der Waals surface area contributed by atoms with Crippen LogP contribution in [0.5, 0.6) is 0 Å². The third-order valence-electron chi connectivity index (χ3n) is 3.43. The van der Waals surface area contributed by atoms with Crippen molar-refractivity contribution in [2.45, 2.75) is 51.5 Å². The first-order valence-corrected chi connectivity index (χ1v) is 6.95. The van der Waals surface area contributed by atoms with E-state index in [4.69, 9.17) is 5.73 Å². The van der Waals surface area contributed by atoms with E-state index in [-0.39, 0.29) is 23.8 Å². The molecule has 1 aliphatic carbocycles. The van der Waals surface area contributed by atoms with Gasteiger partial charge < -0.3 is 16.4 Å². The normalized spacial score (nSPS) is 24.1. The monoisotopic (exact) mass is 255 g/mol. The standard InChI is InChI=1S/C13H25N3O2/c1-2-15-12(17)8-9-16-13(18)10-6-4-3-5-7-11(10)14/h10-11H,2-9,14H2,1H3,(H,15,17)(H,16,18). The lowest BCUT2D eigenvalue weighted by atomic mass is 9.94. The Hall–Kier alpha value is -1.10. The van der Waals surface area contributed by atoms with E-state index in [1.165, 1.54) is 0 Å². The number of carbonyl (C=O) groups is 2. The molecule has 1 aliphatic rings. The molecular weight excluding hydrogens is 230 g/mol. The molecule has 1 fully saturated rings. The topological polar surface area (TPSA) is 84.2 Å². The van der Waals surface area contributed by atoms with Crippen molar-refractivity contribution in [3.63, 3.8) is 0 Å². The van der Waals surface area contributed by atoms with E-state index in [0.717, 1.165) is 32.1 Å². The Kier molecular flexibility index (Phi) is 6.72. The van der Waals surface area contributed by atoms with Gasteiger partial charge >= 0.3 is 0 Å². The first kappa shape index (κ1) is 15.0. The zero-order chi connectivity index (χ0) is 13.4. The van der Waals surface area contributed by atoms with Crippen LogP contribution >= 0.6 is 0 Å². The molecular formula is C13H25N3O2. The van der Waals surface area contributed by atoms with Gasteiger partial charge in [-0.15, -0.1) is 0 Å². The maximum atomic E-state index is 12.0. The molecule has 0 spiro atoms. The minimum absolute atomic E-state index is 0.00805. The minimum Gasteiger partial charge on any atom is -0.356 e. The molecule has 5 heteroatoms. The summed E-state index contributed by atoms with van der Waals surface area (Å²) in [5, 5.41) is 5.52. The highest BCUT2D eigenvalue weighted by atomic mass is 16.2. The highest BCUT2D eigenvalue weighted by Gasteiger charge is 2.26. The fourth-order valence-corrected chi connectivity index (χ4v) is 2.38. The number of nitrogens with one attached hydrogen (secondary N) is 2. The van der Waals surface area contributed by atoms with E-state index in [0.29, 0.717) is 19.5 Å². The third-order valence-corrected chi connectivity index (χ3v) is 3.43. The van der Waals surface area contributed by atoms with Crippen LogP contribution in [0.3, 0.4) is 0 Å². The van der Waals surface area contributed by atoms with Gasteiger partial charge in [-0.2, -0.15) is 0 Å². The molecule has 0 saturated heterocycles. The van der Waals surface area contributed by atoms with E-state index in [2.05, 4.69) is 10.6 Å². The summed E-state index contributed by atoms with van der Waals surface area (Å²) >= 11 is 0. The molecule has 0 bridgehead atoms. The van der Waals surface area contributed by atoms with Crippen LogP contribution in [0, 0.1) is 5.92 Å². The van der Waals surface area contributed by atoms with Gasteiger partial charge in [0.15, 0.2) is 0 Å². The van der Waals surface area contributed by atoms with Crippen molar-refractivity contribution in [3.05, 3.63) is 0 Å². The average molecular weight is 255 g/mol. The Balaban J connectivity index is 2.28. The molecule has 2 amide bonds. The average Bonchev–Trinajstić information content (AvgIpc) is 2.54. The van der Waals surface area contributed by atoms with Crippen molar-refractivity contribution < 1.29 is 9.59 Å². The van der Waals surface area contributed by atoms with E-state index >= 15 is 0 Å². The molecule has 0 aliphatic heterocycles. The van der Waals surface area contributed by atoms with E-state index in [1.807, 2.05) is 6.92 Å². The summed E-state index contributed by atoms with van der Waals surface area (Å²) in [7, 11) is 0. The number of rotatable bonds is 5. The molecule has 0 aromatic carbocycles. The lowest BCUT2D eigenvalue weighted by molar-refractivity contribution is -0.126. The van der Waals surface area contributed by atoms with Crippen LogP contribution in [0.4, 0.5) is 0 Å². The number of hydrogen-bond acceptors (Lipinski definition) is 3. The lowest BCUT2D eigenvalue weighted by Gasteiger charge is -2.20. The summed E-state index contributed by atoms with van der Waals surface area (Å²) < 4.78 is 0. The molecule has 2 atom stereocenters. The number of amides is 2. The fourth-order valence-electron chi connectivity index (χ4n) is 2.38. The van der Waals surface area contributed by atoms with Crippen molar-refractivity contribution in [2.24, 2.45) is 11.7 Å². The summed E-state index contributed by atoms with van der Waals surface area (Å²) in [5.74, 6) is -0.0987. The van der Waals surface area contributed by atoms with Gasteiger partial charge in [0.2, 0.25) is 11.8 Å². The van der Waals surface area contributed by atoms with Crippen LogP contribution in [0.25, 0.3) is 0 Å². The van der Waals surface area contributed by atoms with Gasteiger partial charge in [-0.3, -0.25) is 9.59 Å². The predicted molar refractivity (Wildman–Crippen MR) is 70.9 cm³/mol. The molecule has 0 radical (unpaired) electrons. The second kappa shape index (κ2) is 8.08. The summed E-state index contributed by atoms with van der Waals surface area (Å²) in [4.78, 5) is 23.2. The zero-order valence-corrected chi connectivity index (χ0v) is 11.2. The van der Waals surface area contributed by atoms with Gasteiger partial charge in [0.1, 0.15) is 0 Å². The Morgan fingerprint density at radius 1 is 1.17 bits per heavy atom. The Morgan fingerprint density at radius 3 is 2.61 bits per heavy atom. The molecule has 104 valence electrons. The van der Waals surface area contributed by atoms with Crippen LogP contribution in [0.2, 0.25) is 0 Å². The second-order valence-electron chi connectivity index (χ2n) is 4.90. The van der Waals surface area contributed by atoms with Gasteiger partial charge in [0, 0.05) is 25.6 Å². The first-order valence-electron chi connectivity index (χ1n) is 6.95. The first-order chi connectivity index (χ1) is 8.65. The summed E-state index contributed by atoms with van der Waals surface area (Å²) in [5.41, 5.74) is 6.02. The van der Waals surface area contributed by atoms with Crippen molar-refractivity contribution in [1.82, 2.24) is 10.6 Å². The van der Waals surface area contributed by atoms with Crippen LogP contribution in [-0.2, 0) is 9.59 Å². The number of nitrogens with two attached hydrogens (primary N) is 1. The summed E-state index contributed by atoms with van der Waals surface area (Å²) in [6.45, 7) is 2.90. The molecule has 4 N–H and O–H groups in total. The second-order valence-corrected chi connectivity index (χ2v) is 4.90. The van der Waals surface area contributed by atoms with E-state index in [9.17, 15) is 9.59 Å². The molecule has 2 unspecified atom stereocenters. The molecule has 1 rings (SSSR count). The van der Waals surface area contributed by atoms with Crippen LogP contribution in [0.1, 0.15) is 45.4 Å². The van der Waals surface area contributed by atoms with Crippen LogP contribution in [-0.4, -0.2) is 30.9 Å². The van der Waals surface area contributed by atoms with Crippen LogP contribution in [0.15, 0.2) is 0 Å². The SMILES string of the molecule is CCNC(=O)CCNC(=O)C1CCCCCC1N. The smallest absolute Gasteiger partial charge is 0.224 e. The van der Waals surface area contributed by atoms with Crippen LogP contribution < -0.4 is 16.4 Å². The quantitative estimate of drug-likeness (QED) is 0.627. The Labute approximate surface area is 109 Å². The lowest BCUT2D eigenvalue weighted by Crippen LogP contribution is -2.42. The molecule has 1 saturated carbocycles. The summed E-state index contributed by atoms with van der Waals surface area (Å²) in [6.07, 6.45) is 5.48. The molecule has 18 heavy (non-hydrogen) atoms. The van der Waals surface area contributed by atoms with Crippen molar-refractivity contribution in [1.29, 1.82) is 0 Å². The summed E-state index contributed by atoms with van der Waals surface area (Å²) in [6, 6.07) is -0.0306. The highest BCUT2D eigenvalue weighted by molar-refractivity contribution is 5.81. The Bertz CT molecular complexity index is 281. The van der Waals surface area contributed by atoms with Crippen molar-refractivity contribution >= 4 is 11.8 Å².